The Hall–Kier alpha value is -0.540. The van der Waals surface area contributed by atoms with Crippen LogP contribution in [0.25, 0.3) is 0 Å². The van der Waals surface area contributed by atoms with Crippen LogP contribution < -0.4 is 0 Å². The van der Waals surface area contributed by atoms with Gasteiger partial charge in [-0.25, -0.2) is 13.4 Å². The molecule has 126 valence electrons. The Kier molecular flexibility index (Phi) is 6.34. The minimum absolute atomic E-state index is 0.0373. The number of piperazine rings is 1. The molecule has 1 saturated heterocycles. The highest BCUT2D eigenvalue weighted by molar-refractivity contribution is 7.89. The fourth-order valence-corrected chi connectivity index (χ4v) is 4.38. The molecule has 1 atom stereocenters. The zero-order valence-corrected chi connectivity index (χ0v) is 15.1. The number of rotatable bonds is 7. The molecule has 2 heterocycles. The van der Waals surface area contributed by atoms with Crippen LogP contribution in [0.4, 0.5) is 0 Å². The molecule has 0 spiro atoms. The van der Waals surface area contributed by atoms with Gasteiger partial charge < -0.3 is 4.74 Å². The SMILES string of the molecule is CCOC(C)c1nc(CN2CCN(S(=O)(=O)CC)CC2)cs1. The molecule has 0 bridgehead atoms. The van der Waals surface area contributed by atoms with Gasteiger partial charge in [0.25, 0.3) is 0 Å². The monoisotopic (exact) mass is 347 g/mol. The first-order valence-corrected chi connectivity index (χ1v) is 10.2. The Bertz CT molecular complexity index is 566. The Balaban J connectivity index is 1.86. The number of aromatic nitrogens is 1. The van der Waals surface area contributed by atoms with E-state index < -0.39 is 10.0 Å². The van der Waals surface area contributed by atoms with Crippen LogP contribution in [0.2, 0.25) is 0 Å². The van der Waals surface area contributed by atoms with E-state index in [1.807, 2.05) is 13.8 Å². The third-order valence-corrected chi connectivity index (χ3v) is 6.75. The number of hydrogen-bond acceptors (Lipinski definition) is 6. The first-order valence-electron chi connectivity index (χ1n) is 7.72. The summed E-state index contributed by atoms with van der Waals surface area (Å²) in [5, 5.41) is 3.07. The second-order valence-corrected chi connectivity index (χ2v) is 8.50. The summed E-state index contributed by atoms with van der Waals surface area (Å²) in [5.41, 5.74) is 1.04. The van der Waals surface area contributed by atoms with Gasteiger partial charge in [0.05, 0.1) is 11.4 Å². The van der Waals surface area contributed by atoms with E-state index in [0.29, 0.717) is 19.7 Å². The number of ether oxygens (including phenoxy) is 1. The molecular formula is C14H25N3O3S2. The number of hydrogen-bond donors (Lipinski definition) is 0. The zero-order chi connectivity index (χ0) is 16.2. The summed E-state index contributed by atoms with van der Waals surface area (Å²) in [5.74, 6) is 0.178. The molecule has 0 saturated carbocycles. The number of nitrogens with zero attached hydrogens (tertiary/aromatic N) is 3. The van der Waals surface area contributed by atoms with E-state index in [-0.39, 0.29) is 11.9 Å². The van der Waals surface area contributed by atoms with Gasteiger partial charge in [0.15, 0.2) is 0 Å². The average molecular weight is 348 g/mol. The molecule has 1 fully saturated rings. The van der Waals surface area contributed by atoms with Crippen LogP contribution in [-0.2, 0) is 21.3 Å². The normalized spacial score (nSPS) is 19.4. The van der Waals surface area contributed by atoms with Crippen molar-refractivity contribution in [2.75, 3.05) is 38.5 Å². The number of thiazole rings is 1. The van der Waals surface area contributed by atoms with E-state index in [1.165, 1.54) is 0 Å². The van der Waals surface area contributed by atoms with Gasteiger partial charge in [0, 0.05) is 44.7 Å². The fourth-order valence-electron chi connectivity index (χ4n) is 2.48. The van der Waals surface area contributed by atoms with E-state index in [2.05, 4.69) is 15.3 Å². The maximum absolute atomic E-state index is 11.8. The van der Waals surface area contributed by atoms with Gasteiger partial charge in [-0.1, -0.05) is 0 Å². The van der Waals surface area contributed by atoms with Crippen molar-refractivity contribution in [1.29, 1.82) is 0 Å². The Morgan fingerprint density at radius 3 is 2.59 bits per heavy atom. The lowest BCUT2D eigenvalue weighted by Gasteiger charge is -2.33. The lowest BCUT2D eigenvalue weighted by Crippen LogP contribution is -2.48. The van der Waals surface area contributed by atoms with Crippen molar-refractivity contribution in [3.8, 4) is 0 Å². The Morgan fingerprint density at radius 2 is 2.00 bits per heavy atom. The van der Waals surface area contributed by atoms with E-state index in [1.54, 1.807) is 22.6 Å². The topological polar surface area (TPSA) is 62.7 Å². The van der Waals surface area contributed by atoms with E-state index in [0.717, 1.165) is 30.3 Å². The second-order valence-electron chi connectivity index (χ2n) is 5.35. The molecule has 1 aliphatic rings. The summed E-state index contributed by atoms with van der Waals surface area (Å²) >= 11 is 1.63. The smallest absolute Gasteiger partial charge is 0.213 e. The van der Waals surface area contributed by atoms with Crippen LogP contribution in [0.5, 0.6) is 0 Å². The van der Waals surface area contributed by atoms with Gasteiger partial charge in [0.1, 0.15) is 11.1 Å². The van der Waals surface area contributed by atoms with E-state index in [9.17, 15) is 8.42 Å². The quantitative estimate of drug-likeness (QED) is 0.751. The molecule has 1 aliphatic heterocycles. The number of sulfonamides is 1. The van der Waals surface area contributed by atoms with Gasteiger partial charge in [-0.05, 0) is 20.8 Å². The van der Waals surface area contributed by atoms with Gasteiger partial charge in [-0.2, -0.15) is 4.31 Å². The minimum Gasteiger partial charge on any atom is -0.372 e. The van der Waals surface area contributed by atoms with E-state index in [4.69, 9.17) is 4.74 Å². The van der Waals surface area contributed by atoms with Gasteiger partial charge in [-0.3, -0.25) is 4.90 Å². The standard InChI is InChI=1S/C14H25N3O3S2/c1-4-20-12(3)14-15-13(11-21-14)10-16-6-8-17(9-7-16)22(18,19)5-2/h11-12H,4-10H2,1-3H3. The van der Waals surface area contributed by atoms with Crippen molar-refractivity contribution >= 4 is 21.4 Å². The van der Waals surface area contributed by atoms with E-state index >= 15 is 0 Å². The predicted octanol–water partition coefficient (Wildman–Crippen LogP) is 1.71. The first kappa shape index (κ1) is 17.8. The summed E-state index contributed by atoms with van der Waals surface area (Å²) in [6.07, 6.45) is 0.0373. The molecular weight excluding hydrogens is 322 g/mol. The second kappa shape index (κ2) is 7.83. The molecule has 1 aromatic rings. The first-order chi connectivity index (χ1) is 10.5. The van der Waals surface area contributed by atoms with Crippen molar-refractivity contribution in [2.45, 2.75) is 33.4 Å². The minimum atomic E-state index is -3.05. The predicted molar refractivity (Wildman–Crippen MR) is 88.5 cm³/mol. The molecule has 0 aromatic carbocycles. The van der Waals surface area contributed by atoms with Gasteiger partial charge in [-0.15, -0.1) is 11.3 Å². The summed E-state index contributed by atoms with van der Waals surface area (Å²) in [4.78, 5) is 6.88. The maximum Gasteiger partial charge on any atom is 0.213 e. The van der Waals surface area contributed by atoms with Crippen molar-refractivity contribution < 1.29 is 13.2 Å². The molecule has 1 unspecified atom stereocenters. The van der Waals surface area contributed by atoms with Crippen molar-refractivity contribution in [3.63, 3.8) is 0 Å². The summed E-state index contributed by atoms with van der Waals surface area (Å²) in [6.45, 7) is 9.80. The molecule has 6 nitrogen and oxygen atoms in total. The lowest BCUT2D eigenvalue weighted by atomic mass is 10.3. The molecule has 0 radical (unpaired) electrons. The summed E-state index contributed by atoms with van der Waals surface area (Å²) in [6, 6.07) is 0. The van der Waals surface area contributed by atoms with Crippen LogP contribution in [0.15, 0.2) is 5.38 Å². The van der Waals surface area contributed by atoms with Crippen LogP contribution in [0.1, 0.15) is 37.6 Å². The van der Waals surface area contributed by atoms with Crippen molar-refractivity contribution in [3.05, 3.63) is 16.1 Å². The van der Waals surface area contributed by atoms with Gasteiger partial charge in [0.2, 0.25) is 10.0 Å². The Morgan fingerprint density at radius 1 is 1.32 bits per heavy atom. The zero-order valence-electron chi connectivity index (χ0n) is 13.5. The lowest BCUT2D eigenvalue weighted by molar-refractivity contribution is 0.0759. The summed E-state index contributed by atoms with van der Waals surface area (Å²) in [7, 11) is -3.05. The molecule has 22 heavy (non-hydrogen) atoms. The fraction of sp³-hybridized carbons (Fsp3) is 0.786. The molecule has 0 N–H and O–H groups in total. The maximum atomic E-state index is 11.8. The van der Waals surface area contributed by atoms with Crippen molar-refractivity contribution in [2.24, 2.45) is 0 Å². The van der Waals surface area contributed by atoms with Crippen LogP contribution in [-0.4, -0.2) is 61.1 Å². The Labute approximate surface area is 137 Å². The third-order valence-electron chi connectivity index (χ3n) is 3.81. The van der Waals surface area contributed by atoms with Crippen molar-refractivity contribution in [1.82, 2.24) is 14.2 Å². The molecule has 0 amide bonds. The molecule has 0 aliphatic carbocycles. The third kappa shape index (κ3) is 4.48. The highest BCUT2D eigenvalue weighted by Crippen LogP contribution is 2.22. The van der Waals surface area contributed by atoms with Crippen LogP contribution in [0.3, 0.4) is 0 Å². The molecule has 8 heteroatoms. The molecule has 2 rings (SSSR count). The molecule has 1 aromatic heterocycles. The van der Waals surface area contributed by atoms with Crippen LogP contribution in [0, 0.1) is 0 Å². The highest BCUT2D eigenvalue weighted by Gasteiger charge is 2.25. The average Bonchev–Trinajstić information content (AvgIpc) is 2.97. The summed E-state index contributed by atoms with van der Waals surface area (Å²) < 4.78 is 30.8. The van der Waals surface area contributed by atoms with Gasteiger partial charge >= 0.3 is 0 Å². The van der Waals surface area contributed by atoms with Crippen LogP contribution >= 0.6 is 11.3 Å². The largest absolute Gasteiger partial charge is 0.372 e. The highest BCUT2D eigenvalue weighted by atomic mass is 32.2.